The predicted molar refractivity (Wildman–Crippen MR) is 113 cm³/mol. The molecule has 2 aromatic rings. The molecule has 0 bridgehead atoms. The van der Waals surface area contributed by atoms with E-state index in [1.807, 2.05) is 0 Å². The number of urea groups is 1. The van der Waals surface area contributed by atoms with E-state index in [-0.39, 0.29) is 18.8 Å². The zero-order chi connectivity index (χ0) is 20.3. The fraction of sp³-hybridized carbons (Fsp3) is 0.100. The minimum Gasteiger partial charge on any atom is -0.488 e. The molecular weight excluding hydrogens is 467 g/mol. The van der Waals surface area contributed by atoms with Crippen LogP contribution in [0.4, 0.5) is 4.79 Å². The van der Waals surface area contributed by atoms with Gasteiger partial charge in [-0.05, 0) is 51.8 Å². The molecule has 1 heterocycles. The van der Waals surface area contributed by atoms with Crippen LogP contribution in [-0.4, -0.2) is 23.4 Å². The van der Waals surface area contributed by atoms with E-state index < -0.39 is 11.9 Å². The van der Waals surface area contributed by atoms with Crippen molar-refractivity contribution < 1.29 is 14.3 Å². The molecule has 1 saturated heterocycles. The molecule has 0 unspecified atom stereocenters. The van der Waals surface area contributed by atoms with Crippen LogP contribution < -0.4 is 10.1 Å². The Hall–Kier alpha value is -2.28. The molecule has 0 saturated carbocycles. The highest BCUT2D eigenvalue weighted by Crippen LogP contribution is 2.29. The summed E-state index contributed by atoms with van der Waals surface area (Å²) in [4.78, 5) is 25.2. The Morgan fingerprint density at radius 1 is 1.18 bits per heavy atom. The van der Waals surface area contributed by atoms with Gasteiger partial charge in [-0.25, -0.2) is 4.79 Å². The molecule has 3 rings (SSSR count). The second-order valence-corrected chi connectivity index (χ2v) is 7.60. The smallest absolute Gasteiger partial charge is 0.329 e. The van der Waals surface area contributed by atoms with Crippen molar-refractivity contribution in [2.75, 3.05) is 6.54 Å². The number of hydrogen-bond donors (Lipinski definition) is 1. The van der Waals surface area contributed by atoms with Gasteiger partial charge in [0.05, 0.1) is 4.47 Å². The summed E-state index contributed by atoms with van der Waals surface area (Å²) in [6.07, 6.45) is 3.10. The van der Waals surface area contributed by atoms with Crippen LogP contribution in [0.15, 0.2) is 59.2 Å². The third-order valence-corrected chi connectivity index (χ3v) is 5.15. The van der Waals surface area contributed by atoms with Gasteiger partial charge in [-0.2, -0.15) is 0 Å². The maximum Gasteiger partial charge on any atom is 0.329 e. The maximum absolute atomic E-state index is 12.2. The number of rotatable bonds is 6. The summed E-state index contributed by atoms with van der Waals surface area (Å²) in [5.41, 5.74) is 1.75. The maximum atomic E-state index is 12.2. The van der Waals surface area contributed by atoms with Gasteiger partial charge in [-0.15, -0.1) is 6.58 Å². The second-order valence-electron chi connectivity index (χ2n) is 5.91. The van der Waals surface area contributed by atoms with Crippen molar-refractivity contribution in [1.29, 1.82) is 0 Å². The molecule has 3 amide bonds. The molecule has 28 heavy (non-hydrogen) atoms. The van der Waals surface area contributed by atoms with Crippen molar-refractivity contribution in [3.63, 3.8) is 0 Å². The number of hydrogen-bond acceptors (Lipinski definition) is 3. The highest BCUT2D eigenvalue weighted by molar-refractivity contribution is 9.10. The lowest BCUT2D eigenvalue weighted by Gasteiger charge is -2.10. The van der Waals surface area contributed by atoms with Crippen LogP contribution >= 0.6 is 39.1 Å². The Kier molecular flexibility index (Phi) is 6.44. The number of ether oxygens (including phenoxy) is 1. The van der Waals surface area contributed by atoms with Gasteiger partial charge in [-0.3, -0.25) is 9.69 Å². The van der Waals surface area contributed by atoms with E-state index >= 15 is 0 Å². The molecule has 0 atom stereocenters. The zero-order valence-electron chi connectivity index (χ0n) is 14.5. The molecule has 0 radical (unpaired) electrons. The first-order valence-electron chi connectivity index (χ1n) is 8.20. The average molecular weight is 482 g/mol. The molecule has 0 aliphatic carbocycles. The van der Waals surface area contributed by atoms with Crippen LogP contribution in [0.2, 0.25) is 10.0 Å². The molecule has 5 nitrogen and oxygen atoms in total. The summed E-state index contributed by atoms with van der Waals surface area (Å²) >= 11 is 15.5. The summed E-state index contributed by atoms with van der Waals surface area (Å²) < 4.78 is 6.51. The van der Waals surface area contributed by atoms with Crippen molar-refractivity contribution in [3.8, 4) is 5.75 Å². The molecule has 1 aliphatic heterocycles. The van der Waals surface area contributed by atoms with Gasteiger partial charge in [-0.1, -0.05) is 41.4 Å². The molecule has 1 fully saturated rings. The number of carbonyl (C=O) groups excluding carboxylic acids is 2. The Bertz CT molecular complexity index is 991. The van der Waals surface area contributed by atoms with E-state index in [0.717, 1.165) is 16.0 Å². The van der Waals surface area contributed by atoms with Crippen molar-refractivity contribution in [3.05, 3.63) is 80.4 Å². The number of amides is 3. The van der Waals surface area contributed by atoms with Crippen molar-refractivity contribution in [1.82, 2.24) is 10.2 Å². The highest BCUT2D eigenvalue weighted by Gasteiger charge is 2.32. The van der Waals surface area contributed by atoms with E-state index in [4.69, 9.17) is 27.9 Å². The first-order valence-corrected chi connectivity index (χ1v) is 9.75. The normalized spacial score (nSPS) is 15.1. The fourth-order valence-electron chi connectivity index (χ4n) is 2.55. The quantitative estimate of drug-likeness (QED) is 0.340. The number of carbonyl (C=O) groups is 2. The third-order valence-electron chi connectivity index (χ3n) is 3.94. The largest absolute Gasteiger partial charge is 0.488 e. The molecular formula is C20H15BrCl2N2O3. The lowest BCUT2D eigenvalue weighted by atomic mass is 10.2. The van der Waals surface area contributed by atoms with E-state index in [1.165, 1.54) is 6.08 Å². The first-order chi connectivity index (χ1) is 13.4. The van der Waals surface area contributed by atoms with Crippen LogP contribution in [0.3, 0.4) is 0 Å². The summed E-state index contributed by atoms with van der Waals surface area (Å²) in [6.45, 7) is 3.98. The molecule has 0 aromatic heterocycles. The van der Waals surface area contributed by atoms with Gasteiger partial charge in [0.2, 0.25) is 0 Å². The Balaban J connectivity index is 1.73. The van der Waals surface area contributed by atoms with Crippen molar-refractivity contribution in [2.24, 2.45) is 0 Å². The van der Waals surface area contributed by atoms with Crippen molar-refractivity contribution in [2.45, 2.75) is 6.61 Å². The Labute approximate surface area is 180 Å². The van der Waals surface area contributed by atoms with Crippen LogP contribution in [-0.2, 0) is 11.4 Å². The molecule has 0 spiro atoms. The number of benzene rings is 2. The van der Waals surface area contributed by atoms with E-state index in [0.29, 0.717) is 20.3 Å². The molecule has 2 aromatic carbocycles. The molecule has 1 N–H and O–H groups in total. The predicted octanol–water partition coefficient (Wildman–Crippen LogP) is 5.41. The molecule has 8 heteroatoms. The summed E-state index contributed by atoms with van der Waals surface area (Å²) in [5.74, 6) is 0.224. The van der Waals surface area contributed by atoms with Crippen LogP contribution in [0.5, 0.6) is 5.75 Å². The minimum atomic E-state index is -0.463. The SMILES string of the molecule is C=CCN1C(=O)N/C(=C/c2ccc(OCc3ccc(Cl)cc3Cl)c(Br)c2)C1=O. The van der Waals surface area contributed by atoms with Gasteiger partial charge in [0, 0.05) is 22.2 Å². The van der Waals surface area contributed by atoms with Crippen LogP contribution in [0, 0.1) is 0 Å². The Morgan fingerprint density at radius 2 is 1.96 bits per heavy atom. The first kappa shape index (κ1) is 20.5. The van der Waals surface area contributed by atoms with Crippen LogP contribution in [0.1, 0.15) is 11.1 Å². The molecule has 144 valence electrons. The van der Waals surface area contributed by atoms with Crippen LogP contribution in [0.25, 0.3) is 6.08 Å². The Morgan fingerprint density at radius 3 is 2.64 bits per heavy atom. The minimum absolute atomic E-state index is 0.158. The standard InChI is InChI=1S/C20H15BrCl2N2O3/c1-2-7-25-19(26)17(24-20(25)27)9-12-3-6-18(15(21)8-12)28-11-13-4-5-14(22)10-16(13)23/h2-6,8-10H,1,7,11H2,(H,24,27)/b17-9+. The van der Waals surface area contributed by atoms with Gasteiger partial charge >= 0.3 is 6.03 Å². The lowest BCUT2D eigenvalue weighted by Crippen LogP contribution is -2.30. The van der Waals surface area contributed by atoms with E-state index in [2.05, 4.69) is 27.8 Å². The number of nitrogens with one attached hydrogen (secondary N) is 1. The lowest BCUT2D eigenvalue weighted by molar-refractivity contribution is -0.122. The summed E-state index contributed by atoms with van der Waals surface area (Å²) in [6, 6.07) is 10.1. The number of halogens is 3. The van der Waals surface area contributed by atoms with Gasteiger partial charge in [0.25, 0.3) is 5.91 Å². The topological polar surface area (TPSA) is 58.6 Å². The van der Waals surface area contributed by atoms with E-state index in [1.54, 1.807) is 42.5 Å². The highest BCUT2D eigenvalue weighted by atomic mass is 79.9. The molecule has 1 aliphatic rings. The second kappa shape index (κ2) is 8.82. The van der Waals surface area contributed by atoms with E-state index in [9.17, 15) is 9.59 Å². The number of imide groups is 1. The van der Waals surface area contributed by atoms with Gasteiger partial charge in [0.15, 0.2) is 0 Å². The van der Waals surface area contributed by atoms with Gasteiger partial charge in [0.1, 0.15) is 18.1 Å². The number of nitrogens with zero attached hydrogens (tertiary/aromatic N) is 1. The average Bonchev–Trinajstić information content (AvgIpc) is 2.90. The summed E-state index contributed by atoms with van der Waals surface area (Å²) in [7, 11) is 0. The zero-order valence-corrected chi connectivity index (χ0v) is 17.6. The fourth-order valence-corrected chi connectivity index (χ4v) is 3.53. The van der Waals surface area contributed by atoms with Crippen molar-refractivity contribution >= 4 is 57.1 Å². The monoisotopic (exact) mass is 480 g/mol. The summed E-state index contributed by atoms with van der Waals surface area (Å²) in [5, 5.41) is 3.65. The van der Waals surface area contributed by atoms with Gasteiger partial charge < -0.3 is 10.1 Å². The third kappa shape index (κ3) is 4.58.